The van der Waals surface area contributed by atoms with Crippen LogP contribution in [-0.4, -0.2) is 13.1 Å². The number of halogens is 2. The van der Waals surface area contributed by atoms with Crippen LogP contribution in [0, 0.1) is 0 Å². The maximum atomic E-state index is 11.9. The number of esters is 1. The molecule has 0 fully saturated rings. The fourth-order valence-electron chi connectivity index (χ4n) is 1.58. The maximum absolute atomic E-state index is 11.9. The highest BCUT2D eigenvalue weighted by Gasteiger charge is 2.09. The Balaban J connectivity index is 2.01. The first-order valence-electron chi connectivity index (χ1n) is 5.85. The summed E-state index contributed by atoms with van der Waals surface area (Å²) in [5.74, 6) is 0.356. The third-order valence-electron chi connectivity index (χ3n) is 2.70. The van der Waals surface area contributed by atoms with Crippen LogP contribution in [-0.2, 0) is 11.3 Å². The minimum absolute atomic E-state index is 0.187. The van der Waals surface area contributed by atoms with Gasteiger partial charge in [-0.2, -0.15) is 0 Å². The van der Waals surface area contributed by atoms with Crippen LogP contribution in [0.1, 0.15) is 15.9 Å². The number of ether oxygens (including phenoxy) is 2. The van der Waals surface area contributed by atoms with E-state index in [2.05, 4.69) is 15.9 Å². The summed E-state index contributed by atoms with van der Waals surface area (Å²) in [7, 11) is 1.60. The van der Waals surface area contributed by atoms with Crippen LogP contribution in [0.5, 0.6) is 5.75 Å². The van der Waals surface area contributed by atoms with E-state index < -0.39 is 0 Å². The minimum Gasteiger partial charge on any atom is -0.497 e. The molecule has 104 valence electrons. The van der Waals surface area contributed by atoms with Gasteiger partial charge in [0.15, 0.2) is 0 Å². The maximum Gasteiger partial charge on any atom is 0.338 e. The van der Waals surface area contributed by atoms with Gasteiger partial charge in [0.2, 0.25) is 0 Å². The van der Waals surface area contributed by atoms with E-state index in [4.69, 9.17) is 21.1 Å². The molecule has 0 radical (unpaired) electrons. The van der Waals surface area contributed by atoms with Crippen molar-refractivity contribution in [3.63, 3.8) is 0 Å². The van der Waals surface area contributed by atoms with Gasteiger partial charge in [-0.25, -0.2) is 4.79 Å². The van der Waals surface area contributed by atoms with Crippen molar-refractivity contribution in [1.82, 2.24) is 0 Å². The predicted octanol–water partition coefficient (Wildman–Crippen LogP) is 4.47. The van der Waals surface area contributed by atoms with Gasteiger partial charge >= 0.3 is 5.97 Å². The van der Waals surface area contributed by atoms with Gasteiger partial charge in [-0.05, 0) is 36.4 Å². The molecular weight excluding hydrogens is 344 g/mol. The van der Waals surface area contributed by atoms with Crippen molar-refractivity contribution in [2.45, 2.75) is 6.61 Å². The standard InChI is InChI=1S/C15H12BrClO3/c1-19-13-7-4-11(14(16)8-13)9-20-15(18)10-2-5-12(17)6-3-10/h2-8H,9H2,1H3. The summed E-state index contributed by atoms with van der Waals surface area (Å²) in [6.07, 6.45) is 0. The molecule has 0 N–H and O–H groups in total. The first kappa shape index (κ1) is 14.9. The Morgan fingerprint density at radius 3 is 2.50 bits per heavy atom. The average Bonchev–Trinajstić information content (AvgIpc) is 2.46. The summed E-state index contributed by atoms with van der Waals surface area (Å²) < 4.78 is 11.2. The Kier molecular flexibility index (Phi) is 5.04. The number of rotatable bonds is 4. The zero-order valence-corrected chi connectivity index (χ0v) is 13.1. The second-order valence-corrected chi connectivity index (χ2v) is 5.33. The zero-order valence-electron chi connectivity index (χ0n) is 10.7. The van der Waals surface area contributed by atoms with E-state index >= 15 is 0 Å². The van der Waals surface area contributed by atoms with Crippen LogP contribution < -0.4 is 4.74 Å². The first-order valence-corrected chi connectivity index (χ1v) is 7.02. The fourth-order valence-corrected chi connectivity index (χ4v) is 2.18. The molecule has 0 amide bonds. The van der Waals surface area contributed by atoms with E-state index in [0.717, 1.165) is 15.8 Å². The van der Waals surface area contributed by atoms with E-state index in [1.165, 1.54) is 0 Å². The van der Waals surface area contributed by atoms with Crippen LogP contribution in [0.25, 0.3) is 0 Å². The highest BCUT2D eigenvalue weighted by molar-refractivity contribution is 9.10. The van der Waals surface area contributed by atoms with Crippen LogP contribution in [0.2, 0.25) is 5.02 Å². The number of hydrogen-bond acceptors (Lipinski definition) is 3. The van der Waals surface area contributed by atoms with Gasteiger partial charge in [-0.1, -0.05) is 33.6 Å². The molecule has 5 heteroatoms. The second kappa shape index (κ2) is 6.77. The van der Waals surface area contributed by atoms with E-state index in [-0.39, 0.29) is 12.6 Å². The topological polar surface area (TPSA) is 35.5 Å². The Morgan fingerprint density at radius 1 is 1.20 bits per heavy atom. The molecule has 0 unspecified atom stereocenters. The lowest BCUT2D eigenvalue weighted by Crippen LogP contribution is -2.05. The Labute approximate surface area is 130 Å². The molecule has 0 saturated carbocycles. The third kappa shape index (κ3) is 3.74. The third-order valence-corrected chi connectivity index (χ3v) is 3.69. The first-order chi connectivity index (χ1) is 9.60. The quantitative estimate of drug-likeness (QED) is 0.759. The molecule has 0 saturated heterocycles. The molecule has 0 atom stereocenters. The SMILES string of the molecule is COc1ccc(COC(=O)c2ccc(Cl)cc2)c(Br)c1. The van der Waals surface area contributed by atoms with Gasteiger partial charge in [0.25, 0.3) is 0 Å². The van der Waals surface area contributed by atoms with Crippen LogP contribution >= 0.6 is 27.5 Å². The van der Waals surface area contributed by atoms with E-state index in [1.807, 2.05) is 18.2 Å². The molecule has 0 aliphatic heterocycles. The lowest BCUT2D eigenvalue weighted by molar-refractivity contribution is 0.0472. The number of hydrogen-bond donors (Lipinski definition) is 0. The van der Waals surface area contributed by atoms with Gasteiger partial charge in [0, 0.05) is 15.1 Å². The lowest BCUT2D eigenvalue weighted by atomic mass is 10.2. The molecule has 0 bridgehead atoms. The molecule has 0 spiro atoms. The molecule has 0 heterocycles. The van der Waals surface area contributed by atoms with Gasteiger partial charge < -0.3 is 9.47 Å². The van der Waals surface area contributed by atoms with Crippen molar-refractivity contribution < 1.29 is 14.3 Å². The monoisotopic (exact) mass is 354 g/mol. The zero-order chi connectivity index (χ0) is 14.5. The van der Waals surface area contributed by atoms with E-state index in [1.54, 1.807) is 31.4 Å². The lowest BCUT2D eigenvalue weighted by Gasteiger charge is -2.08. The average molecular weight is 356 g/mol. The van der Waals surface area contributed by atoms with Gasteiger partial charge in [-0.3, -0.25) is 0 Å². The summed E-state index contributed by atoms with van der Waals surface area (Å²) in [4.78, 5) is 11.9. The molecule has 2 rings (SSSR count). The highest BCUT2D eigenvalue weighted by atomic mass is 79.9. The van der Waals surface area contributed by atoms with E-state index in [0.29, 0.717) is 10.6 Å². The summed E-state index contributed by atoms with van der Waals surface area (Å²) in [6.45, 7) is 0.187. The largest absolute Gasteiger partial charge is 0.497 e. The van der Waals surface area contributed by atoms with Crippen molar-refractivity contribution in [3.05, 3.63) is 63.1 Å². The summed E-state index contributed by atoms with van der Waals surface area (Å²) in [6, 6.07) is 12.1. The van der Waals surface area contributed by atoms with Crippen molar-refractivity contribution >= 4 is 33.5 Å². The van der Waals surface area contributed by atoms with E-state index in [9.17, 15) is 4.79 Å². The Morgan fingerprint density at radius 2 is 1.90 bits per heavy atom. The van der Waals surface area contributed by atoms with Gasteiger partial charge in [0.05, 0.1) is 12.7 Å². The summed E-state index contributed by atoms with van der Waals surface area (Å²) >= 11 is 9.18. The minimum atomic E-state index is -0.385. The normalized spacial score (nSPS) is 10.2. The Bertz CT molecular complexity index is 611. The molecule has 2 aromatic carbocycles. The van der Waals surface area contributed by atoms with Crippen LogP contribution in [0.3, 0.4) is 0 Å². The number of benzene rings is 2. The second-order valence-electron chi connectivity index (χ2n) is 4.04. The fraction of sp³-hybridized carbons (Fsp3) is 0.133. The molecule has 2 aromatic rings. The van der Waals surface area contributed by atoms with Crippen molar-refractivity contribution in [2.75, 3.05) is 7.11 Å². The Hall–Kier alpha value is -1.52. The molecular formula is C15H12BrClO3. The molecule has 3 nitrogen and oxygen atoms in total. The van der Waals surface area contributed by atoms with Crippen molar-refractivity contribution in [1.29, 1.82) is 0 Å². The number of methoxy groups -OCH3 is 1. The van der Waals surface area contributed by atoms with Gasteiger partial charge in [0.1, 0.15) is 12.4 Å². The predicted molar refractivity (Wildman–Crippen MR) is 81.3 cm³/mol. The number of carbonyl (C=O) groups excluding carboxylic acids is 1. The van der Waals surface area contributed by atoms with Crippen LogP contribution in [0.15, 0.2) is 46.9 Å². The molecule has 0 aliphatic rings. The van der Waals surface area contributed by atoms with Crippen molar-refractivity contribution in [2.24, 2.45) is 0 Å². The number of carbonyl (C=O) groups is 1. The van der Waals surface area contributed by atoms with Crippen molar-refractivity contribution in [3.8, 4) is 5.75 Å². The molecule has 0 aromatic heterocycles. The van der Waals surface area contributed by atoms with Crippen LogP contribution in [0.4, 0.5) is 0 Å². The smallest absolute Gasteiger partial charge is 0.338 e. The highest BCUT2D eigenvalue weighted by Crippen LogP contribution is 2.23. The molecule has 20 heavy (non-hydrogen) atoms. The summed E-state index contributed by atoms with van der Waals surface area (Å²) in [5, 5.41) is 0.583. The molecule has 0 aliphatic carbocycles. The van der Waals surface area contributed by atoms with Gasteiger partial charge in [-0.15, -0.1) is 0 Å². The summed E-state index contributed by atoms with van der Waals surface area (Å²) in [5.41, 5.74) is 1.34.